The van der Waals surface area contributed by atoms with Crippen molar-refractivity contribution in [1.82, 2.24) is 20.3 Å². The molecule has 3 N–H and O–H groups in total. The molecule has 2 saturated heterocycles. The zero-order chi connectivity index (χ0) is 39.2. The number of methoxy groups -OCH3 is 2. The van der Waals surface area contributed by atoms with E-state index in [0.717, 1.165) is 66.2 Å². The first-order chi connectivity index (χ1) is 26.2. The number of fused-ring (bicyclic) bond motifs is 6. The number of hydrogen-bond donors (Lipinski definition) is 3. The Kier molecular flexibility index (Phi) is 10.9. The summed E-state index contributed by atoms with van der Waals surface area (Å²) in [5.41, 5.74) is -0.788. The van der Waals surface area contributed by atoms with Crippen LogP contribution in [0.3, 0.4) is 0 Å². The maximum atomic E-state index is 14.8. The Morgan fingerprint density at radius 2 is 1.69 bits per heavy atom. The van der Waals surface area contributed by atoms with Crippen LogP contribution in [0.2, 0.25) is 0 Å². The molecule has 2 aromatic rings. The van der Waals surface area contributed by atoms with E-state index < -0.39 is 62.3 Å². The summed E-state index contributed by atoms with van der Waals surface area (Å²) in [6.07, 6.45) is 7.94. The summed E-state index contributed by atoms with van der Waals surface area (Å²) in [5, 5.41) is 7.16. The van der Waals surface area contributed by atoms with E-state index in [1.165, 1.54) is 4.90 Å². The van der Waals surface area contributed by atoms with Crippen LogP contribution in [-0.4, -0.2) is 87.4 Å². The van der Waals surface area contributed by atoms with Crippen LogP contribution in [0.25, 0.3) is 10.8 Å². The highest BCUT2D eigenvalue weighted by atomic mass is 32.2. The summed E-state index contributed by atoms with van der Waals surface area (Å²) in [6.45, 7) is 4.51. The van der Waals surface area contributed by atoms with Crippen LogP contribution < -0.4 is 20.1 Å². The maximum absolute atomic E-state index is 14.8. The number of ether oxygens (including phenoxy) is 3. The first-order valence-electron chi connectivity index (χ1n) is 20.0. The molecule has 0 radical (unpaired) electrons. The Labute approximate surface area is 324 Å². The summed E-state index contributed by atoms with van der Waals surface area (Å²) in [4.78, 5) is 58.0. The SMILES string of the molecule is COc1cc2ccc3cc2cc1CCCC(C)(C)CCOC(=O)N[C@H]1CCCCCC[C@H]2C[C@@]2(C(=O)NS(=O)(=O)C2CC2)NC(=O)[C@@H]2C[C@]3(OC)CN2C1=O. The van der Waals surface area contributed by atoms with Crippen LogP contribution in [0.5, 0.6) is 5.75 Å². The highest BCUT2D eigenvalue weighted by molar-refractivity contribution is 7.91. The molecular weight excluding hydrogens is 725 g/mol. The number of nitrogens with one attached hydrogen (secondary N) is 3. The van der Waals surface area contributed by atoms with E-state index in [1.807, 2.05) is 24.3 Å². The van der Waals surface area contributed by atoms with Gasteiger partial charge in [0.1, 0.15) is 29.0 Å². The van der Waals surface area contributed by atoms with Crippen molar-refractivity contribution in [2.75, 3.05) is 27.4 Å². The smallest absolute Gasteiger partial charge is 0.407 e. The standard InChI is InChI=1S/C41H56N4O9S/c1-39(2)17-9-10-27-20-28-21-29(14-13-26(28)22-34(27)52-3)40(53-4)24-33-35(46)43-41(37(48)44-55(50,51)31-15-16-31)23-30(41)11-7-5-6-8-12-32(36(47)45(33)25-40)42-38(49)54-19-18-39/h13-14,20-22,30-33H,5-12,15-19,23-25H2,1-4H3,(H,42,49)(H,43,46)(H,44,48)/t30-,32-,33-,40-,41+/m0/s1. The number of aryl methyl sites for hydroxylation is 1. The number of carbonyl (C=O) groups is 4. The highest BCUT2D eigenvalue weighted by Crippen LogP contribution is 2.49. The molecule has 6 bridgehead atoms. The minimum Gasteiger partial charge on any atom is -0.496 e. The van der Waals surface area contributed by atoms with Crippen LogP contribution in [0.15, 0.2) is 30.3 Å². The molecule has 0 aromatic heterocycles. The maximum Gasteiger partial charge on any atom is 0.407 e. The van der Waals surface area contributed by atoms with Gasteiger partial charge < -0.3 is 29.7 Å². The van der Waals surface area contributed by atoms with E-state index in [2.05, 4.69) is 35.3 Å². The molecule has 7 rings (SSSR count). The van der Waals surface area contributed by atoms with Gasteiger partial charge in [-0.2, -0.15) is 0 Å². The molecule has 0 spiro atoms. The van der Waals surface area contributed by atoms with Gasteiger partial charge >= 0.3 is 6.09 Å². The van der Waals surface area contributed by atoms with Crippen LogP contribution in [-0.2, 0) is 45.9 Å². The minimum atomic E-state index is -3.86. The summed E-state index contributed by atoms with van der Waals surface area (Å²) < 4.78 is 45.9. The topological polar surface area (TPSA) is 169 Å². The molecule has 2 saturated carbocycles. The largest absolute Gasteiger partial charge is 0.496 e. The predicted octanol–water partition coefficient (Wildman–Crippen LogP) is 4.98. The molecule has 4 amide bonds. The zero-order valence-corrected chi connectivity index (χ0v) is 33.4. The van der Waals surface area contributed by atoms with Crippen molar-refractivity contribution >= 4 is 44.6 Å². The number of rotatable bonds is 5. The molecule has 5 atom stereocenters. The van der Waals surface area contributed by atoms with Crippen molar-refractivity contribution in [2.24, 2.45) is 11.3 Å². The molecule has 14 heteroatoms. The molecule has 55 heavy (non-hydrogen) atoms. The van der Waals surface area contributed by atoms with E-state index in [0.29, 0.717) is 44.9 Å². The van der Waals surface area contributed by atoms with Gasteiger partial charge in [-0.05, 0) is 109 Å². The van der Waals surface area contributed by atoms with Crippen molar-refractivity contribution in [1.29, 1.82) is 0 Å². The van der Waals surface area contributed by atoms with Crippen LogP contribution >= 0.6 is 0 Å². The number of cyclic esters (lactones) is 1. The van der Waals surface area contributed by atoms with Crippen molar-refractivity contribution < 1.29 is 41.8 Å². The normalized spacial score (nSPS) is 30.6. The molecule has 2 aromatic carbocycles. The third-order valence-corrected chi connectivity index (χ3v) is 14.6. The second-order valence-electron chi connectivity index (χ2n) is 17.2. The number of alkyl carbamates (subject to hydrolysis) is 1. The third-order valence-electron chi connectivity index (χ3n) is 12.8. The second-order valence-corrected chi connectivity index (χ2v) is 19.2. The fraction of sp³-hybridized carbons (Fsp3) is 0.659. The van der Waals surface area contributed by atoms with Gasteiger partial charge in [0.25, 0.3) is 5.91 Å². The molecule has 2 aliphatic carbocycles. The molecule has 5 aliphatic rings. The molecule has 3 aliphatic heterocycles. The summed E-state index contributed by atoms with van der Waals surface area (Å²) in [5.74, 6) is -1.17. The zero-order valence-electron chi connectivity index (χ0n) is 32.5. The monoisotopic (exact) mass is 780 g/mol. The van der Waals surface area contributed by atoms with E-state index in [-0.39, 0.29) is 30.9 Å². The lowest BCUT2D eigenvalue weighted by atomic mass is 9.83. The summed E-state index contributed by atoms with van der Waals surface area (Å²) >= 11 is 0. The van der Waals surface area contributed by atoms with Crippen molar-refractivity contribution in [2.45, 2.75) is 132 Å². The van der Waals surface area contributed by atoms with Crippen LogP contribution in [0.4, 0.5) is 4.79 Å². The first kappa shape index (κ1) is 39.3. The minimum absolute atomic E-state index is 0.00897. The van der Waals surface area contributed by atoms with E-state index >= 15 is 0 Å². The average molecular weight is 781 g/mol. The molecule has 13 nitrogen and oxygen atoms in total. The number of sulfonamides is 1. The Hall–Kier alpha value is -3.91. The van der Waals surface area contributed by atoms with Gasteiger partial charge in [0, 0.05) is 13.5 Å². The lowest BCUT2D eigenvalue weighted by Crippen LogP contribution is -2.58. The first-order valence-corrected chi connectivity index (χ1v) is 21.5. The van der Waals surface area contributed by atoms with Gasteiger partial charge in [0.15, 0.2) is 0 Å². The third kappa shape index (κ3) is 8.17. The van der Waals surface area contributed by atoms with Crippen molar-refractivity contribution in [3.05, 3.63) is 41.5 Å². The molecule has 4 fully saturated rings. The quantitative estimate of drug-likeness (QED) is 0.379. The predicted molar refractivity (Wildman–Crippen MR) is 206 cm³/mol. The van der Waals surface area contributed by atoms with Crippen molar-refractivity contribution in [3.63, 3.8) is 0 Å². The second kappa shape index (κ2) is 15.2. The lowest BCUT2D eigenvalue weighted by molar-refractivity contribution is -0.141. The number of carbonyl (C=O) groups excluding carboxylic acids is 4. The molecule has 3 heterocycles. The number of amides is 4. The van der Waals surface area contributed by atoms with Gasteiger partial charge in [0.05, 0.1) is 25.5 Å². The van der Waals surface area contributed by atoms with E-state index in [1.54, 1.807) is 14.2 Å². The Morgan fingerprint density at radius 3 is 2.42 bits per heavy atom. The van der Waals surface area contributed by atoms with Crippen molar-refractivity contribution in [3.8, 4) is 5.75 Å². The van der Waals surface area contributed by atoms with Gasteiger partial charge in [-0.25, -0.2) is 13.2 Å². The fourth-order valence-corrected chi connectivity index (χ4v) is 10.4. The van der Waals surface area contributed by atoms with Gasteiger partial charge in [0.2, 0.25) is 21.8 Å². The van der Waals surface area contributed by atoms with Gasteiger partial charge in [-0.15, -0.1) is 0 Å². The summed E-state index contributed by atoms with van der Waals surface area (Å²) in [7, 11) is -0.630. The van der Waals surface area contributed by atoms with E-state index in [4.69, 9.17) is 14.2 Å². The molecule has 0 unspecified atom stereocenters. The van der Waals surface area contributed by atoms with Gasteiger partial charge in [-0.1, -0.05) is 51.7 Å². The Balaban J connectivity index is 1.28. The lowest BCUT2D eigenvalue weighted by Gasteiger charge is -2.31. The van der Waals surface area contributed by atoms with Gasteiger partial charge in [-0.3, -0.25) is 19.1 Å². The average Bonchev–Trinajstić information content (AvgIpc) is 4.07. The van der Waals surface area contributed by atoms with E-state index in [9.17, 15) is 27.6 Å². The Morgan fingerprint density at radius 1 is 0.927 bits per heavy atom. The number of hydrogen-bond acceptors (Lipinski definition) is 9. The number of benzene rings is 2. The number of nitrogens with zero attached hydrogens (tertiary/aromatic N) is 1. The van der Waals surface area contributed by atoms with Crippen LogP contribution in [0.1, 0.15) is 108 Å². The van der Waals surface area contributed by atoms with Crippen LogP contribution in [0, 0.1) is 11.3 Å². The highest BCUT2D eigenvalue weighted by Gasteiger charge is 2.63. The fourth-order valence-electron chi connectivity index (χ4n) is 8.99. The Bertz CT molecular complexity index is 1950. The molecule has 300 valence electrons. The molecular formula is C41H56N4O9S. The summed E-state index contributed by atoms with van der Waals surface area (Å²) in [6, 6.07) is 8.11.